The Morgan fingerprint density at radius 3 is 3.00 bits per heavy atom. The summed E-state index contributed by atoms with van der Waals surface area (Å²) in [7, 11) is 0. The summed E-state index contributed by atoms with van der Waals surface area (Å²) >= 11 is 0. The third-order valence-corrected chi connectivity index (χ3v) is 3.24. The van der Waals surface area contributed by atoms with Gasteiger partial charge in [0.1, 0.15) is 18.4 Å². The lowest BCUT2D eigenvalue weighted by molar-refractivity contribution is 0.112. The maximum atomic E-state index is 10.9. The van der Waals surface area contributed by atoms with E-state index in [2.05, 4.69) is 14.6 Å². The molecule has 0 N–H and O–H groups in total. The average Bonchev–Trinajstić information content (AvgIpc) is 3.06. The van der Waals surface area contributed by atoms with Crippen molar-refractivity contribution in [3.8, 4) is 0 Å². The monoisotopic (exact) mass is 254 g/mol. The second kappa shape index (κ2) is 4.68. The maximum absolute atomic E-state index is 10.9. The molecule has 2 aromatic heterocycles. The minimum Gasteiger partial charge on any atom is -0.340 e. The van der Waals surface area contributed by atoms with E-state index in [1.54, 1.807) is 6.33 Å². The summed E-state index contributed by atoms with van der Waals surface area (Å²) < 4.78 is 3.95. The largest absolute Gasteiger partial charge is 0.340 e. The number of rotatable bonds is 4. The molecule has 0 spiro atoms. The second-order valence-electron chi connectivity index (χ2n) is 4.37. The SMILES string of the molecule is CCn1ncnc1Cn1ccc2ccc(C=O)cc21. The van der Waals surface area contributed by atoms with E-state index in [-0.39, 0.29) is 0 Å². The fourth-order valence-electron chi connectivity index (χ4n) is 2.24. The predicted molar refractivity (Wildman–Crippen MR) is 72.1 cm³/mol. The number of carbonyl (C=O) groups excluding carboxylic acids is 1. The van der Waals surface area contributed by atoms with Gasteiger partial charge in [0.25, 0.3) is 0 Å². The smallest absolute Gasteiger partial charge is 0.150 e. The molecule has 5 heteroatoms. The van der Waals surface area contributed by atoms with Crippen LogP contribution < -0.4 is 0 Å². The van der Waals surface area contributed by atoms with Gasteiger partial charge in [-0.3, -0.25) is 4.79 Å². The molecule has 0 aliphatic heterocycles. The summed E-state index contributed by atoms with van der Waals surface area (Å²) in [6, 6.07) is 7.72. The number of nitrogens with zero attached hydrogens (tertiary/aromatic N) is 4. The molecule has 0 unspecified atom stereocenters. The van der Waals surface area contributed by atoms with Crippen molar-refractivity contribution in [2.24, 2.45) is 0 Å². The quantitative estimate of drug-likeness (QED) is 0.670. The number of aromatic nitrogens is 4. The summed E-state index contributed by atoms with van der Waals surface area (Å²) in [5, 5.41) is 5.28. The van der Waals surface area contributed by atoms with Crippen LogP contribution in [-0.2, 0) is 13.1 Å². The lowest BCUT2D eigenvalue weighted by atomic mass is 10.2. The molecule has 0 aliphatic rings. The van der Waals surface area contributed by atoms with E-state index in [1.807, 2.05) is 42.1 Å². The Morgan fingerprint density at radius 1 is 1.32 bits per heavy atom. The Kier molecular flexibility index (Phi) is 2.87. The normalized spacial score (nSPS) is 11.0. The number of aldehydes is 1. The van der Waals surface area contributed by atoms with E-state index in [0.717, 1.165) is 29.6 Å². The molecule has 0 amide bonds. The van der Waals surface area contributed by atoms with Crippen molar-refractivity contribution in [2.45, 2.75) is 20.0 Å². The molecule has 5 nitrogen and oxygen atoms in total. The van der Waals surface area contributed by atoms with Gasteiger partial charge in [0, 0.05) is 23.8 Å². The van der Waals surface area contributed by atoms with E-state index in [9.17, 15) is 4.79 Å². The summed E-state index contributed by atoms with van der Waals surface area (Å²) in [4.78, 5) is 15.1. The summed E-state index contributed by atoms with van der Waals surface area (Å²) in [5.41, 5.74) is 1.72. The maximum Gasteiger partial charge on any atom is 0.150 e. The van der Waals surface area contributed by atoms with Crippen LogP contribution in [0.3, 0.4) is 0 Å². The first-order chi connectivity index (χ1) is 9.31. The van der Waals surface area contributed by atoms with Crippen LogP contribution in [0.15, 0.2) is 36.8 Å². The molecule has 19 heavy (non-hydrogen) atoms. The molecule has 3 aromatic rings. The van der Waals surface area contributed by atoms with Gasteiger partial charge in [0.2, 0.25) is 0 Å². The Morgan fingerprint density at radius 2 is 2.21 bits per heavy atom. The molecule has 0 aliphatic carbocycles. The number of carbonyl (C=O) groups is 1. The van der Waals surface area contributed by atoms with Crippen molar-refractivity contribution in [2.75, 3.05) is 0 Å². The van der Waals surface area contributed by atoms with E-state index in [1.165, 1.54) is 0 Å². The molecule has 0 saturated carbocycles. The van der Waals surface area contributed by atoms with Gasteiger partial charge >= 0.3 is 0 Å². The minimum atomic E-state index is 0.652. The standard InChI is InChI=1S/C14H14N4O/c1-2-18-14(15-10-16-18)8-17-6-5-12-4-3-11(9-19)7-13(12)17/h3-7,9-10H,2,8H2,1H3. The van der Waals surface area contributed by atoms with E-state index >= 15 is 0 Å². The predicted octanol–water partition coefficient (Wildman–Crippen LogP) is 2.11. The van der Waals surface area contributed by atoms with Crippen molar-refractivity contribution in [1.82, 2.24) is 19.3 Å². The van der Waals surface area contributed by atoms with E-state index in [4.69, 9.17) is 0 Å². The molecule has 0 fully saturated rings. The third-order valence-electron chi connectivity index (χ3n) is 3.24. The van der Waals surface area contributed by atoms with Crippen LogP contribution >= 0.6 is 0 Å². The molecule has 0 atom stereocenters. The molecular formula is C14H14N4O. The van der Waals surface area contributed by atoms with E-state index < -0.39 is 0 Å². The topological polar surface area (TPSA) is 52.7 Å². The zero-order valence-electron chi connectivity index (χ0n) is 10.7. The van der Waals surface area contributed by atoms with Gasteiger partial charge < -0.3 is 4.57 Å². The zero-order valence-corrected chi connectivity index (χ0v) is 10.7. The zero-order chi connectivity index (χ0) is 13.2. The van der Waals surface area contributed by atoms with Crippen LogP contribution in [0.1, 0.15) is 23.1 Å². The summed E-state index contributed by atoms with van der Waals surface area (Å²) in [5.74, 6) is 0.913. The molecule has 96 valence electrons. The molecule has 0 bridgehead atoms. The highest BCUT2D eigenvalue weighted by Gasteiger charge is 2.07. The van der Waals surface area contributed by atoms with Gasteiger partial charge in [-0.1, -0.05) is 12.1 Å². The second-order valence-corrected chi connectivity index (χ2v) is 4.37. The van der Waals surface area contributed by atoms with Crippen LogP contribution in [0.5, 0.6) is 0 Å². The number of hydrogen-bond acceptors (Lipinski definition) is 3. The van der Waals surface area contributed by atoms with Gasteiger partial charge in [-0.2, -0.15) is 5.10 Å². The van der Waals surface area contributed by atoms with Crippen LogP contribution in [-0.4, -0.2) is 25.6 Å². The molecule has 1 aromatic carbocycles. The third kappa shape index (κ3) is 2.03. The fraction of sp³-hybridized carbons (Fsp3) is 0.214. The first-order valence-electron chi connectivity index (χ1n) is 6.22. The van der Waals surface area contributed by atoms with Crippen molar-refractivity contribution in [3.63, 3.8) is 0 Å². The number of aryl methyl sites for hydroxylation is 1. The first-order valence-corrected chi connectivity index (χ1v) is 6.22. The van der Waals surface area contributed by atoms with Crippen molar-refractivity contribution in [3.05, 3.63) is 48.2 Å². The van der Waals surface area contributed by atoms with E-state index in [0.29, 0.717) is 12.1 Å². The molecule has 2 heterocycles. The van der Waals surface area contributed by atoms with Crippen molar-refractivity contribution in [1.29, 1.82) is 0 Å². The van der Waals surface area contributed by atoms with Crippen LogP contribution in [0.4, 0.5) is 0 Å². The summed E-state index contributed by atoms with van der Waals surface area (Å²) in [6.07, 6.45) is 4.45. The van der Waals surface area contributed by atoms with Crippen molar-refractivity contribution >= 4 is 17.2 Å². The van der Waals surface area contributed by atoms with Gasteiger partial charge in [0.05, 0.1) is 6.54 Å². The number of hydrogen-bond donors (Lipinski definition) is 0. The first kappa shape index (κ1) is 11.6. The Balaban J connectivity index is 2.03. The number of fused-ring (bicyclic) bond motifs is 1. The number of benzene rings is 1. The Bertz CT molecular complexity index is 726. The molecule has 0 saturated heterocycles. The van der Waals surface area contributed by atoms with Gasteiger partial charge in [-0.25, -0.2) is 9.67 Å². The highest BCUT2D eigenvalue weighted by Crippen LogP contribution is 2.18. The highest BCUT2D eigenvalue weighted by molar-refractivity contribution is 5.87. The summed E-state index contributed by atoms with van der Waals surface area (Å²) in [6.45, 7) is 3.49. The van der Waals surface area contributed by atoms with Crippen LogP contribution in [0.2, 0.25) is 0 Å². The molecule has 0 radical (unpaired) electrons. The van der Waals surface area contributed by atoms with Gasteiger partial charge in [-0.15, -0.1) is 0 Å². The minimum absolute atomic E-state index is 0.652. The Hall–Kier alpha value is -2.43. The highest BCUT2D eigenvalue weighted by atomic mass is 16.1. The van der Waals surface area contributed by atoms with Crippen LogP contribution in [0.25, 0.3) is 10.9 Å². The molecule has 3 rings (SSSR count). The van der Waals surface area contributed by atoms with Gasteiger partial charge in [0.15, 0.2) is 0 Å². The lowest BCUT2D eigenvalue weighted by Gasteiger charge is -2.06. The van der Waals surface area contributed by atoms with Crippen molar-refractivity contribution < 1.29 is 4.79 Å². The van der Waals surface area contributed by atoms with Crippen LogP contribution in [0, 0.1) is 0 Å². The fourth-order valence-corrected chi connectivity index (χ4v) is 2.24. The Labute approximate surface area is 110 Å². The van der Waals surface area contributed by atoms with Gasteiger partial charge in [-0.05, 0) is 24.4 Å². The average molecular weight is 254 g/mol. The molecular weight excluding hydrogens is 240 g/mol. The lowest BCUT2D eigenvalue weighted by Crippen LogP contribution is -2.08.